The first-order valence-electron chi connectivity index (χ1n) is 7.26. The number of thiazole rings is 1. The maximum Gasteiger partial charge on any atom is 0.305 e. The lowest BCUT2D eigenvalue weighted by Crippen LogP contribution is -2.29. The molecule has 7 heteroatoms. The highest BCUT2D eigenvalue weighted by Crippen LogP contribution is 2.21. The fourth-order valence-electron chi connectivity index (χ4n) is 1.97. The van der Waals surface area contributed by atoms with Gasteiger partial charge in [0.05, 0.1) is 24.9 Å². The average Bonchev–Trinajstić information content (AvgIpc) is 3.03. The number of hydrogen-bond acceptors (Lipinski definition) is 6. The third-order valence-electron chi connectivity index (χ3n) is 3.30. The number of carbonyl (C=O) groups excluding carboxylic acids is 2. The first kappa shape index (κ1) is 17.1. The van der Waals surface area contributed by atoms with Crippen LogP contribution in [0.1, 0.15) is 18.5 Å². The quantitative estimate of drug-likeness (QED) is 0.726. The van der Waals surface area contributed by atoms with Crippen molar-refractivity contribution in [2.45, 2.75) is 19.3 Å². The van der Waals surface area contributed by atoms with Gasteiger partial charge in [-0.15, -0.1) is 11.3 Å². The van der Waals surface area contributed by atoms with Crippen molar-refractivity contribution in [1.29, 1.82) is 0 Å². The number of likely N-dealkylation sites (N-methyl/N-ethyl adjacent to an activating group) is 1. The molecular formula is C16H19N3O3S. The standard InChI is InChI=1S/C16H19N3O3S/c1-19(9-5-7-15(21)22-2)14(20)10-12-11-23-16(18-12)13-6-3-4-8-17-13/h3-4,6,8,11H,5,7,9-10H2,1-2H3. The van der Waals surface area contributed by atoms with Crippen molar-refractivity contribution in [2.24, 2.45) is 0 Å². The minimum Gasteiger partial charge on any atom is -0.469 e. The van der Waals surface area contributed by atoms with E-state index < -0.39 is 0 Å². The number of rotatable bonds is 7. The molecule has 0 aliphatic carbocycles. The molecule has 6 nitrogen and oxygen atoms in total. The Labute approximate surface area is 139 Å². The number of hydrogen-bond donors (Lipinski definition) is 0. The van der Waals surface area contributed by atoms with Crippen LogP contribution in [0.5, 0.6) is 0 Å². The lowest BCUT2D eigenvalue weighted by molar-refractivity contribution is -0.141. The Bertz CT molecular complexity index is 658. The van der Waals surface area contributed by atoms with E-state index in [4.69, 9.17) is 0 Å². The summed E-state index contributed by atoms with van der Waals surface area (Å²) in [7, 11) is 3.09. The molecule has 0 aliphatic rings. The van der Waals surface area contributed by atoms with Gasteiger partial charge in [0.1, 0.15) is 5.01 Å². The minimum atomic E-state index is -0.259. The second-order valence-corrected chi connectivity index (χ2v) is 5.89. The molecule has 0 aromatic carbocycles. The molecule has 0 unspecified atom stereocenters. The average molecular weight is 333 g/mol. The summed E-state index contributed by atoms with van der Waals surface area (Å²) < 4.78 is 4.58. The lowest BCUT2D eigenvalue weighted by atomic mass is 10.2. The van der Waals surface area contributed by atoms with Gasteiger partial charge < -0.3 is 9.64 Å². The number of aromatic nitrogens is 2. The Hall–Kier alpha value is -2.28. The number of carbonyl (C=O) groups is 2. The van der Waals surface area contributed by atoms with E-state index >= 15 is 0 Å². The van der Waals surface area contributed by atoms with Gasteiger partial charge in [0.2, 0.25) is 5.91 Å². The van der Waals surface area contributed by atoms with Crippen molar-refractivity contribution in [1.82, 2.24) is 14.9 Å². The SMILES string of the molecule is COC(=O)CCCN(C)C(=O)Cc1csc(-c2ccccn2)n1. The highest BCUT2D eigenvalue weighted by molar-refractivity contribution is 7.13. The number of pyridine rings is 1. The number of methoxy groups -OCH3 is 1. The van der Waals surface area contributed by atoms with Gasteiger partial charge in [-0.1, -0.05) is 6.07 Å². The van der Waals surface area contributed by atoms with E-state index in [1.807, 2.05) is 23.6 Å². The summed E-state index contributed by atoms with van der Waals surface area (Å²) in [5, 5.41) is 2.69. The first-order valence-corrected chi connectivity index (χ1v) is 8.14. The summed E-state index contributed by atoms with van der Waals surface area (Å²) in [4.78, 5) is 33.5. The van der Waals surface area contributed by atoms with E-state index in [1.165, 1.54) is 18.4 Å². The van der Waals surface area contributed by atoms with Crippen LogP contribution in [0.15, 0.2) is 29.8 Å². The molecule has 0 bridgehead atoms. The Kier molecular flexibility index (Phi) is 6.22. The molecule has 0 aliphatic heterocycles. The number of amides is 1. The molecule has 2 aromatic rings. The topological polar surface area (TPSA) is 72.4 Å². The summed E-state index contributed by atoms with van der Waals surface area (Å²) in [6.07, 6.45) is 2.87. The van der Waals surface area contributed by atoms with Gasteiger partial charge in [0.15, 0.2) is 0 Å². The Balaban J connectivity index is 1.85. The van der Waals surface area contributed by atoms with Crippen LogP contribution in [0.25, 0.3) is 10.7 Å². The van der Waals surface area contributed by atoms with Crippen LogP contribution in [0.4, 0.5) is 0 Å². The monoisotopic (exact) mass is 333 g/mol. The second kappa shape index (κ2) is 8.38. The largest absolute Gasteiger partial charge is 0.469 e. The molecule has 122 valence electrons. The van der Waals surface area contributed by atoms with E-state index in [-0.39, 0.29) is 18.3 Å². The summed E-state index contributed by atoms with van der Waals surface area (Å²) >= 11 is 1.48. The highest BCUT2D eigenvalue weighted by atomic mass is 32.1. The molecule has 0 radical (unpaired) electrons. The van der Waals surface area contributed by atoms with Crippen molar-refractivity contribution in [2.75, 3.05) is 20.7 Å². The summed E-state index contributed by atoms with van der Waals surface area (Å²) in [6, 6.07) is 5.65. The number of esters is 1. The smallest absolute Gasteiger partial charge is 0.305 e. The lowest BCUT2D eigenvalue weighted by Gasteiger charge is -2.16. The fourth-order valence-corrected chi connectivity index (χ4v) is 2.77. The molecule has 23 heavy (non-hydrogen) atoms. The molecule has 1 amide bonds. The highest BCUT2D eigenvalue weighted by Gasteiger charge is 2.13. The van der Waals surface area contributed by atoms with Crippen molar-refractivity contribution >= 4 is 23.2 Å². The van der Waals surface area contributed by atoms with E-state index in [1.54, 1.807) is 18.1 Å². The number of nitrogens with zero attached hydrogens (tertiary/aromatic N) is 3. The molecule has 0 spiro atoms. The molecular weight excluding hydrogens is 314 g/mol. The Morgan fingerprint density at radius 2 is 2.17 bits per heavy atom. The van der Waals surface area contributed by atoms with Crippen molar-refractivity contribution in [3.05, 3.63) is 35.5 Å². The predicted molar refractivity (Wildman–Crippen MR) is 87.9 cm³/mol. The second-order valence-electron chi connectivity index (χ2n) is 5.03. The predicted octanol–water partition coefficient (Wildman–Crippen LogP) is 2.16. The van der Waals surface area contributed by atoms with Gasteiger partial charge in [0.25, 0.3) is 0 Å². The van der Waals surface area contributed by atoms with Crippen LogP contribution in [0.3, 0.4) is 0 Å². The van der Waals surface area contributed by atoms with Gasteiger partial charge in [-0.25, -0.2) is 4.98 Å². The van der Waals surface area contributed by atoms with Crippen LogP contribution < -0.4 is 0 Å². The zero-order chi connectivity index (χ0) is 16.7. The van der Waals surface area contributed by atoms with Gasteiger partial charge in [-0.3, -0.25) is 14.6 Å². The molecule has 2 heterocycles. The summed E-state index contributed by atoms with van der Waals surface area (Å²) in [5.74, 6) is -0.280. The van der Waals surface area contributed by atoms with Crippen LogP contribution in [0, 0.1) is 0 Å². The van der Waals surface area contributed by atoms with Gasteiger partial charge in [0, 0.05) is 31.6 Å². The minimum absolute atomic E-state index is 0.0206. The third kappa shape index (κ3) is 5.14. The molecule has 0 N–H and O–H groups in total. The zero-order valence-electron chi connectivity index (χ0n) is 13.2. The third-order valence-corrected chi connectivity index (χ3v) is 4.21. The molecule has 0 saturated carbocycles. The van der Waals surface area contributed by atoms with Crippen molar-refractivity contribution in [3.8, 4) is 10.7 Å². The normalized spacial score (nSPS) is 10.3. The van der Waals surface area contributed by atoms with E-state index in [2.05, 4.69) is 14.7 Å². The maximum absolute atomic E-state index is 12.2. The van der Waals surface area contributed by atoms with Crippen LogP contribution in [-0.2, 0) is 20.7 Å². The van der Waals surface area contributed by atoms with Gasteiger partial charge >= 0.3 is 5.97 Å². The zero-order valence-corrected chi connectivity index (χ0v) is 14.0. The van der Waals surface area contributed by atoms with Gasteiger partial charge in [-0.05, 0) is 18.6 Å². The Morgan fingerprint density at radius 3 is 2.87 bits per heavy atom. The van der Waals surface area contributed by atoms with E-state index in [0.717, 1.165) is 16.4 Å². The summed E-state index contributed by atoms with van der Waals surface area (Å²) in [6.45, 7) is 0.519. The van der Waals surface area contributed by atoms with Gasteiger partial charge in [-0.2, -0.15) is 0 Å². The Morgan fingerprint density at radius 1 is 1.35 bits per heavy atom. The molecule has 0 atom stereocenters. The van der Waals surface area contributed by atoms with Crippen LogP contribution in [0.2, 0.25) is 0 Å². The molecule has 0 saturated heterocycles. The maximum atomic E-state index is 12.2. The first-order chi connectivity index (χ1) is 11.1. The fraction of sp³-hybridized carbons (Fsp3) is 0.375. The van der Waals surface area contributed by atoms with Crippen molar-refractivity contribution < 1.29 is 14.3 Å². The summed E-state index contributed by atoms with van der Waals surface area (Å²) in [5.41, 5.74) is 1.54. The molecule has 0 fully saturated rings. The van der Waals surface area contributed by atoms with E-state index in [0.29, 0.717) is 19.4 Å². The van der Waals surface area contributed by atoms with E-state index in [9.17, 15) is 9.59 Å². The molecule has 2 rings (SSSR count). The van der Waals surface area contributed by atoms with Crippen LogP contribution in [-0.4, -0.2) is 47.4 Å². The van der Waals surface area contributed by atoms with Crippen LogP contribution >= 0.6 is 11.3 Å². The number of ether oxygens (including phenoxy) is 1. The van der Waals surface area contributed by atoms with Crippen molar-refractivity contribution in [3.63, 3.8) is 0 Å². The molecule has 2 aromatic heterocycles.